The number of nitro benzene ring substituents is 1. The summed E-state index contributed by atoms with van der Waals surface area (Å²) in [5.74, 6) is -0.122. The van der Waals surface area contributed by atoms with Gasteiger partial charge in [-0.15, -0.1) is 0 Å². The molecule has 0 bridgehead atoms. The van der Waals surface area contributed by atoms with Crippen molar-refractivity contribution < 1.29 is 19.6 Å². The molecule has 0 aromatic heterocycles. The number of nitrogens with one attached hydrogen (secondary N) is 2. The monoisotopic (exact) mass is 415 g/mol. The Kier molecular flexibility index (Phi) is 6.74. The van der Waals surface area contributed by atoms with Gasteiger partial charge in [-0.2, -0.15) is 0 Å². The molecule has 3 atom stereocenters. The van der Waals surface area contributed by atoms with Crippen LogP contribution in [0.1, 0.15) is 26.7 Å². The van der Waals surface area contributed by atoms with Crippen molar-refractivity contribution >= 4 is 33.2 Å². The number of nitrogens with zero attached hydrogens (tertiary/aromatic N) is 1. The van der Waals surface area contributed by atoms with Gasteiger partial charge in [-0.25, -0.2) is 0 Å². The van der Waals surface area contributed by atoms with Crippen LogP contribution in [0.15, 0.2) is 22.7 Å². The summed E-state index contributed by atoms with van der Waals surface area (Å²) in [6.45, 7) is 4.31. The molecule has 3 N–H and O–H groups in total. The van der Waals surface area contributed by atoms with E-state index in [0.717, 1.165) is 0 Å². The molecular formula is C16H22BrN3O5. The highest BCUT2D eigenvalue weighted by molar-refractivity contribution is 9.10. The molecule has 8 nitrogen and oxygen atoms in total. The Morgan fingerprint density at radius 2 is 2.24 bits per heavy atom. The van der Waals surface area contributed by atoms with E-state index in [1.54, 1.807) is 12.1 Å². The van der Waals surface area contributed by atoms with Crippen LogP contribution in [0.5, 0.6) is 0 Å². The lowest BCUT2D eigenvalue weighted by Gasteiger charge is -2.24. The number of rotatable bonds is 7. The smallest absolute Gasteiger partial charge is 0.293 e. The molecule has 138 valence electrons. The first-order valence-electron chi connectivity index (χ1n) is 8.08. The van der Waals surface area contributed by atoms with Gasteiger partial charge in [0.05, 0.1) is 17.6 Å². The zero-order valence-electron chi connectivity index (χ0n) is 14.1. The molecule has 0 radical (unpaired) electrons. The molecule has 3 unspecified atom stereocenters. The first-order chi connectivity index (χ1) is 11.8. The maximum Gasteiger partial charge on any atom is 0.293 e. The lowest BCUT2D eigenvalue weighted by molar-refractivity contribution is -0.384. The van der Waals surface area contributed by atoms with Crippen LogP contribution in [0.3, 0.4) is 0 Å². The number of aliphatic hydroxyl groups excluding tert-OH is 1. The Bertz CT molecular complexity index is 640. The molecule has 0 aliphatic carbocycles. The average molecular weight is 416 g/mol. The Hall–Kier alpha value is -1.71. The molecule has 1 fully saturated rings. The zero-order chi connectivity index (χ0) is 18.6. The number of amides is 1. The predicted molar refractivity (Wildman–Crippen MR) is 96.2 cm³/mol. The molecular weight excluding hydrogens is 394 g/mol. The Morgan fingerprint density at radius 1 is 1.52 bits per heavy atom. The van der Waals surface area contributed by atoms with Gasteiger partial charge in [0, 0.05) is 10.5 Å². The minimum absolute atomic E-state index is 0.111. The van der Waals surface area contributed by atoms with Crippen molar-refractivity contribution in [2.75, 3.05) is 11.9 Å². The van der Waals surface area contributed by atoms with Crippen LogP contribution in [0.25, 0.3) is 0 Å². The van der Waals surface area contributed by atoms with Crippen LogP contribution in [0.2, 0.25) is 0 Å². The largest absolute Gasteiger partial charge is 0.368 e. The molecule has 0 spiro atoms. The van der Waals surface area contributed by atoms with E-state index in [0.29, 0.717) is 23.9 Å². The second-order valence-corrected chi connectivity index (χ2v) is 7.33. The summed E-state index contributed by atoms with van der Waals surface area (Å²) >= 11 is 3.21. The Labute approximate surface area is 154 Å². The molecule has 9 heteroatoms. The van der Waals surface area contributed by atoms with Crippen molar-refractivity contribution in [3.05, 3.63) is 32.8 Å². The van der Waals surface area contributed by atoms with Crippen molar-refractivity contribution in [1.29, 1.82) is 0 Å². The van der Waals surface area contributed by atoms with E-state index in [-0.39, 0.29) is 23.2 Å². The fourth-order valence-electron chi connectivity index (χ4n) is 2.67. The normalized spacial score (nSPS) is 21.2. The molecule has 25 heavy (non-hydrogen) atoms. The third-order valence-electron chi connectivity index (χ3n) is 3.90. The maximum atomic E-state index is 12.6. The summed E-state index contributed by atoms with van der Waals surface area (Å²) in [6.07, 6.45) is -0.00620. The summed E-state index contributed by atoms with van der Waals surface area (Å²) in [5.41, 5.74) is 0.164. The number of halogens is 1. The molecule has 1 aliphatic heterocycles. The first-order valence-corrected chi connectivity index (χ1v) is 8.87. The summed E-state index contributed by atoms with van der Waals surface area (Å²) in [7, 11) is 0. The topological polar surface area (TPSA) is 114 Å². The minimum Gasteiger partial charge on any atom is -0.368 e. The van der Waals surface area contributed by atoms with Crippen LogP contribution in [-0.2, 0) is 9.53 Å². The van der Waals surface area contributed by atoms with Crippen molar-refractivity contribution in [2.45, 2.75) is 45.1 Å². The van der Waals surface area contributed by atoms with Crippen LogP contribution >= 0.6 is 15.9 Å². The highest BCUT2D eigenvalue weighted by atomic mass is 79.9. The number of nitro groups is 1. The molecule has 1 amide bonds. The van der Waals surface area contributed by atoms with Crippen molar-refractivity contribution in [1.82, 2.24) is 5.32 Å². The van der Waals surface area contributed by atoms with Gasteiger partial charge in [0.15, 0.2) is 6.29 Å². The van der Waals surface area contributed by atoms with Gasteiger partial charge < -0.3 is 20.5 Å². The standard InChI is InChI=1S/C16H22BrN3O5/c1-9(2)7-13(15(21)19-12-5-6-25-16(12)22)18-11-4-3-10(17)8-14(11)20(23)24/h3-4,8-9,12-13,16,18,22H,5-7H2,1-2H3,(H,19,21). The fraction of sp³-hybridized carbons (Fsp3) is 0.562. The summed E-state index contributed by atoms with van der Waals surface area (Å²) < 4.78 is 5.62. The van der Waals surface area contributed by atoms with Gasteiger partial charge in [-0.3, -0.25) is 14.9 Å². The number of hydrogen-bond donors (Lipinski definition) is 3. The lowest BCUT2D eigenvalue weighted by atomic mass is 10.0. The summed E-state index contributed by atoms with van der Waals surface area (Å²) in [5, 5.41) is 26.7. The highest BCUT2D eigenvalue weighted by Crippen LogP contribution is 2.29. The number of aliphatic hydroxyl groups is 1. The van der Waals surface area contributed by atoms with Crippen LogP contribution in [-0.4, -0.2) is 40.9 Å². The molecule has 1 aliphatic rings. The van der Waals surface area contributed by atoms with Gasteiger partial charge in [-0.1, -0.05) is 29.8 Å². The van der Waals surface area contributed by atoms with Gasteiger partial charge >= 0.3 is 0 Å². The molecule has 0 saturated carbocycles. The van der Waals surface area contributed by atoms with Gasteiger partial charge in [0.1, 0.15) is 11.7 Å². The van der Waals surface area contributed by atoms with E-state index in [9.17, 15) is 20.0 Å². The van der Waals surface area contributed by atoms with Crippen LogP contribution in [0.4, 0.5) is 11.4 Å². The Morgan fingerprint density at radius 3 is 2.80 bits per heavy atom. The quantitative estimate of drug-likeness (QED) is 0.465. The van der Waals surface area contributed by atoms with Gasteiger partial charge in [0.2, 0.25) is 5.91 Å². The van der Waals surface area contributed by atoms with Crippen molar-refractivity contribution in [3.8, 4) is 0 Å². The third-order valence-corrected chi connectivity index (χ3v) is 4.39. The number of carbonyl (C=O) groups excluding carboxylic acids is 1. The number of anilines is 1. The highest BCUT2D eigenvalue weighted by Gasteiger charge is 2.31. The number of hydrogen-bond acceptors (Lipinski definition) is 6. The SMILES string of the molecule is CC(C)CC(Nc1ccc(Br)cc1[N+](=O)[O-])C(=O)NC1CCOC1O. The van der Waals surface area contributed by atoms with Crippen LogP contribution in [0, 0.1) is 16.0 Å². The third kappa shape index (κ3) is 5.38. The average Bonchev–Trinajstić information content (AvgIpc) is 2.92. The van der Waals surface area contributed by atoms with Crippen molar-refractivity contribution in [3.63, 3.8) is 0 Å². The molecule has 2 rings (SSSR count). The fourth-order valence-corrected chi connectivity index (χ4v) is 3.02. The van der Waals surface area contributed by atoms with E-state index in [4.69, 9.17) is 4.74 Å². The lowest BCUT2D eigenvalue weighted by Crippen LogP contribution is -2.48. The number of carbonyl (C=O) groups is 1. The van der Waals surface area contributed by atoms with E-state index in [1.165, 1.54) is 6.07 Å². The Balaban J connectivity index is 2.17. The molecule has 1 aromatic rings. The summed E-state index contributed by atoms with van der Waals surface area (Å²) in [6, 6.07) is 3.50. The van der Waals surface area contributed by atoms with Crippen LogP contribution < -0.4 is 10.6 Å². The zero-order valence-corrected chi connectivity index (χ0v) is 15.7. The van der Waals surface area contributed by atoms with Gasteiger partial charge in [-0.05, 0) is 30.9 Å². The maximum absolute atomic E-state index is 12.6. The van der Waals surface area contributed by atoms with Crippen molar-refractivity contribution in [2.24, 2.45) is 5.92 Å². The van der Waals surface area contributed by atoms with E-state index < -0.39 is 23.3 Å². The predicted octanol–water partition coefficient (Wildman–Crippen LogP) is 2.41. The second-order valence-electron chi connectivity index (χ2n) is 6.41. The van der Waals surface area contributed by atoms with E-state index in [1.807, 2.05) is 13.8 Å². The molecule has 1 aromatic carbocycles. The second kappa shape index (κ2) is 8.59. The molecule has 1 heterocycles. The molecule has 1 saturated heterocycles. The first kappa shape index (κ1) is 19.6. The number of benzene rings is 1. The number of ether oxygens (including phenoxy) is 1. The minimum atomic E-state index is -1.02. The van der Waals surface area contributed by atoms with Gasteiger partial charge in [0.25, 0.3) is 5.69 Å². The van der Waals surface area contributed by atoms with E-state index in [2.05, 4.69) is 26.6 Å². The van der Waals surface area contributed by atoms with E-state index >= 15 is 0 Å². The summed E-state index contributed by atoms with van der Waals surface area (Å²) in [4.78, 5) is 23.4.